The lowest BCUT2D eigenvalue weighted by molar-refractivity contribution is 0.0877. The molecule has 2 aliphatic rings. The standard InChI is InChI=1S/C13H26N2/c1-2-14-8-10-15-9-7-12-5-3-4-6-13(12)11-15/h12-14H,2-11H2,1H3. The number of nitrogens with one attached hydrogen (secondary N) is 1. The van der Waals surface area contributed by atoms with Crippen LogP contribution in [0.1, 0.15) is 39.0 Å². The largest absolute Gasteiger partial charge is 0.316 e. The van der Waals surface area contributed by atoms with E-state index in [1.807, 2.05) is 0 Å². The summed E-state index contributed by atoms with van der Waals surface area (Å²) in [4.78, 5) is 2.68. The molecule has 1 saturated heterocycles. The van der Waals surface area contributed by atoms with E-state index in [2.05, 4.69) is 17.1 Å². The fourth-order valence-corrected chi connectivity index (χ4v) is 3.29. The van der Waals surface area contributed by atoms with E-state index in [1.165, 1.54) is 58.3 Å². The van der Waals surface area contributed by atoms with Gasteiger partial charge in [-0.05, 0) is 37.8 Å². The normalized spacial score (nSPS) is 32.6. The van der Waals surface area contributed by atoms with Crippen LogP contribution in [0.4, 0.5) is 0 Å². The molecule has 2 unspecified atom stereocenters. The van der Waals surface area contributed by atoms with Crippen molar-refractivity contribution in [2.24, 2.45) is 11.8 Å². The summed E-state index contributed by atoms with van der Waals surface area (Å²) >= 11 is 0. The van der Waals surface area contributed by atoms with Gasteiger partial charge in [-0.3, -0.25) is 0 Å². The Kier molecular flexibility index (Phi) is 4.45. The number of hydrogen-bond acceptors (Lipinski definition) is 2. The molecule has 2 nitrogen and oxygen atoms in total. The third kappa shape index (κ3) is 3.18. The summed E-state index contributed by atoms with van der Waals surface area (Å²) < 4.78 is 0. The molecule has 0 aromatic carbocycles. The van der Waals surface area contributed by atoms with Gasteiger partial charge in [0.25, 0.3) is 0 Å². The minimum absolute atomic E-state index is 1.04. The summed E-state index contributed by atoms with van der Waals surface area (Å²) in [6, 6.07) is 0. The first kappa shape index (κ1) is 11.4. The molecule has 0 aromatic rings. The van der Waals surface area contributed by atoms with Gasteiger partial charge in [-0.1, -0.05) is 26.2 Å². The van der Waals surface area contributed by atoms with Crippen LogP contribution in [-0.2, 0) is 0 Å². The summed E-state index contributed by atoms with van der Waals surface area (Å²) in [7, 11) is 0. The zero-order valence-corrected chi connectivity index (χ0v) is 10.2. The second-order valence-corrected chi connectivity index (χ2v) is 5.25. The highest BCUT2D eigenvalue weighted by Gasteiger charge is 2.30. The lowest BCUT2D eigenvalue weighted by atomic mass is 9.75. The molecule has 1 N–H and O–H groups in total. The first-order chi connectivity index (χ1) is 7.40. The Morgan fingerprint density at radius 3 is 2.73 bits per heavy atom. The van der Waals surface area contributed by atoms with Crippen molar-refractivity contribution in [1.82, 2.24) is 10.2 Å². The molecular formula is C13H26N2. The molecule has 0 amide bonds. The maximum atomic E-state index is 3.43. The monoisotopic (exact) mass is 210 g/mol. The van der Waals surface area contributed by atoms with E-state index in [-0.39, 0.29) is 0 Å². The minimum Gasteiger partial charge on any atom is -0.316 e. The van der Waals surface area contributed by atoms with Gasteiger partial charge in [0.05, 0.1) is 0 Å². The van der Waals surface area contributed by atoms with E-state index in [4.69, 9.17) is 0 Å². The lowest BCUT2D eigenvalue weighted by Gasteiger charge is -2.41. The van der Waals surface area contributed by atoms with E-state index in [1.54, 1.807) is 0 Å². The molecule has 1 heterocycles. The highest BCUT2D eigenvalue weighted by Crippen LogP contribution is 2.35. The number of hydrogen-bond donors (Lipinski definition) is 1. The maximum absolute atomic E-state index is 3.43. The van der Waals surface area contributed by atoms with Crippen LogP contribution in [0, 0.1) is 11.8 Å². The number of likely N-dealkylation sites (N-methyl/N-ethyl adjacent to an activating group) is 1. The lowest BCUT2D eigenvalue weighted by Crippen LogP contribution is -2.44. The van der Waals surface area contributed by atoms with Crippen molar-refractivity contribution in [3.8, 4) is 0 Å². The Hall–Kier alpha value is -0.0800. The molecule has 88 valence electrons. The van der Waals surface area contributed by atoms with E-state index >= 15 is 0 Å². The van der Waals surface area contributed by atoms with Gasteiger partial charge in [-0.25, -0.2) is 0 Å². The Labute approximate surface area is 94.4 Å². The van der Waals surface area contributed by atoms with Gasteiger partial charge in [0.2, 0.25) is 0 Å². The molecule has 15 heavy (non-hydrogen) atoms. The van der Waals surface area contributed by atoms with E-state index in [9.17, 15) is 0 Å². The van der Waals surface area contributed by atoms with Gasteiger partial charge in [-0.15, -0.1) is 0 Å². The number of likely N-dealkylation sites (tertiary alicyclic amines) is 1. The van der Waals surface area contributed by atoms with Crippen molar-refractivity contribution in [2.75, 3.05) is 32.7 Å². The zero-order chi connectivity index (χ0) is 10.5. The summed E-state index contributed by atoms with van der Waals surface area (Å²) in [5.74, 6) is 2.11. The van der Waals surface area contributed by atoms with E-state index in [0.717, 1.165) is 18.4 Å². The molecular weight excluding hydrogens is 184 g/mol. The van der Waals surface area contributed by atoms with Crippen LogP contribution in [0.5, 0.6) is 0 Å². The van der Waals surface area contributed by atoms with Crippen molar-refractivity contribution in [3.63, 3.8) is 0 Å². The minimum atomic E-state index is 1.04. The first-order valence-electron chi connectivity index (χ1n) is 6.83. The number of piperidine rings is 1. The van der Waals surface area contributed by atoms with Crippen molar-refractivity contribution in [1.29, 1.82) is 0 Å². The first-order valence-corrected chi connectivity index (χ1v) is 6.83. The Balaban J connectivity index is 1.71. The smallest absolute Gasteiger partial charge is 0.0107 e. The molecule has 0 radical (unpaired) electrons. The third-order valence-electron chi connectivity index (χ3n) is 4.23. The molecule has 2 rings (SSSR count). The molecule has 1 saturated carbocycles. The summed E-state index contributed by atoms with van der Waals surface area (Å²) in [5.41, 5.74) is 0. The average molecular weight is 210 g/mol. The van der Waals surface area contributed by atoms with Gasteiger partial charge in [0.1, 0.15) is 0 Å². The third-order valence-corrected chi connectivity index (χ3v) is 4.23. The molecule has 1 aliphatic carbocycles. The van der Waals surface area contributed by atoms with Crippen LogP contribution in [0.2, 0.25) is 0 Å². The van der Waals surface area contributed by atoms with Crippen molar-refractivity contribution < 1.29 is 0 Å². The molecule has 0 bridgehead atoms. The van der Waals surface area contributed by atoms with E-state index in [0.29, 0.717) is 0 Å². The Morgan fingerprint density at radius 1 is 1.13 bits per heavy atom. The maximum Gasteiger partial charge on any atom is 0.0107 e. The Morgan fingerprint density at radius 2 is 1.93 bits per heavy atom. The van der Waals surface area contributed by atoms with Gasteiger partial charge in [-0.2, -0.15) is 0 Å². The van der Waals surface area contributed by atoms with Gasteiger partial charge in [0, 0.05) is 19.6 Å². The fourth-order valence-electron chi connectivity index (χ4n) is 3.29. The highest BCUT2D eigenvalue weighted by molar-refractivity contribution is 4.83. The second kappa shape index (κ2) is 5.86. The molecule has 0 aromatic heterocycles. The second-order valence-electron chi connectivity index (χ2n) is 5.25. The van der Waals surface area contributed by atoms with Crippen LogP contribution >= 0.6 is 0 Å². The predicted molar refractivity (Wildman–Crippen MR) is 65.0 cm³/mol. The van der Waals surface area contributed by atoms with E-state index < -0.39 is 0 Å². The van der Waals surface area contributed by atoms with Crippen LogP contribution < -0.4 is 5.32 Å². The van der Waals surface area contributed by atoms with Crippen LogP contribution in [0.25, 0.3) is 0 Å². The number of rotatable bonds is 4. The van der Waals surface area contributed by atoms with Gasteiger partial charge in [0.15, 0.2) is 0 Å². The molecule has 2 fully saturated rings. The molecule has 1 aliphatic heterocycles. The van der Waals surface area contributed by atoms with Crippen LogP contribution in [0.3, 0.4) is 0 Å². The molecule has 2 heteroatoms. The van der Waals surface area contributed by atoms with Crippen LogP contribution in [0.15, 0.2) is 0 Å². The zero-order valence-electron chi connectivity index (χ0n) is 10.2. The average Bonchev–Trinajstić information content (AvgIpc) is 2.29. The summed E-state index contributed by atoms with van der Waals surface area (Å²) in [6.45, 7) is 8.47. The topological polar surface area (TPSA) is 15.3 Å². The Bertz CT molecular complexity index is 179. The van der Waals surface area contributed by atoms with Crippen molar-refractivity contribution >= 4 is 0 Å². The van der Waals surface area contributed by atoms with Crippen molar-refractivity contribution in [2.45, 2.75) is 39.0 Å². The summed E-state index contributed by atoms with van der Waals surface area (Å²) in [5, 5.41) is 3.43. The fraction of sp³-hybridized carbons (Fsp3) is 1.00. The van der Waals surface area contributed by atoms with Crippen molar-refractivity contribution in [3.05, 3.63) is 0 Å². The summed E-state index contributed by atoms with van der Waals surface area (Å²) in [6.07, 6.45) is 7.48. The van der Waals surface area contributed by atoms with Crippen LogP contribution in [-0.4, -0.2) is 37.6 Å². The SMILES string of the molecule is CCNCCN1CCC2CCCCC2C1. The molecule has 0 spiro atoms. The molecule has 2 atom stereocenters. The van der Waals surface area contributed by atoms with Gasteiger partial charge < -0.3 is 10.2 Å². The number of nitrogens with zero attached hydrogens (tertiary/aromatic N) is 1. The quantitative estimate of drug-likeness (QED) is 0.715. The van der Waals surface area contributed by atoms with Gasteiger partial charge >= 0.3 is 0 Å². The predicted octanol–water partition coefficient (Wildman–Crippen LogP) is 2.11. The highest BCUT2D eigenvalue weighted by atomic mass is 15.1. The number of fused-ring (bicyclic) bond motifs is 1.